The van der Waals surface area contributed by atoms with Crippen LogP contribution in [0.25, 0.3) is 10.9 Å². The van der Waals surface area contributed by atoms with Gasteiger partial charge in [0.15, 0.2) is 0 Å². The first-order valence-corrected chi connectivity index (χ1v) is 16.5. The first-order valence-electron chi connectivity index (χ1n) is 16.2. The molecule has 0 aliphatic carbocycles. The van der Waals surface area contributed by atoms with Gasteiger partial charge in [0, 0.05) is 64.3 Å². The standard InChI is InChI=1S/C37H33ClF5N5O4/c1-45(35(49)29-11-6-25(18-30(29)38)37(41,42)43)26-7-12-34(44-20-26)52-28-10-5-24-17-32(46(2)31(24)19-28)36(50)48-15-13-47(14-16-48)21-23-3-8-27(9-4-23)51-22-33(39)40/h3-12,17-20,33H,13-16,21-22H2,1-2H3. The van der Waals surface area contributed by atoms with E-state index in [1.807, 2.05) is 40.8 Å². The second-order valence-corrected chi connectivity index (χ2v) is 12.6. The smallest absolute Gasteiger partial charge is 0.416 e. The lowest BCUT2D eigenvalue weighted by molar-refractivity contribution is -0.137. The lowest BCUT2D eigenvalue weighted by atomic mass is 10.1. The van der Waals surface area contributed by atoms with E-state index < -0.39 is 30.7 Å². The molecule has 0 unspecified atom stereocenters. The summed E-state index contributed by atoms with van der Waals surface area (Å²) in [7, 11) is 3.27. The number of carbonyl (C=O) groups is 2. The summed E-state index contributed by atoms with van der Waals surface area (Å²) in [6, 6.07) is 20.0. The van der Waals surface area contributed by atoms with Crippen LogP contribution in [0, 0.1) is 0 Å². The average molecular weight is 742 g/mol. The number of carbonyl (C=O) groups excluding carboxylic acids is 2. The van der Waals surface area contributed by atoms with Crippen molar-refractivity contribution in [1.82, 2.24) is 19.4 Å². The van der Waals surface area contributed by atoms with Crippen molar-refractivity contribution < 1.29 is 41.0 Å². The highest BCUT2D eigenvalue weighted by atomic mass is 35.5. The zero-order chi connectivity index (χ0) is 37.2. The van der Waals surface area contributed by atoms with Crippen LogP contribution in [0.2, 0.25) is 5.02 Å². The van der Waals surface area contributed by atoms with Crippen LogP contribution in [0.5, 0.6) is 17.4 Å². The molecule has 0 radical (unpaired) electrons. The van der Waals surface area contributed by atoms with Gasteiger partial charge in [0.1, 0.15) is 23.8 Å². The highest BCUT2D eigenvalue weighted by Crippen LogP contribution is 2.33. The quantitative estimate of drug-likeness (QED) is 0.135. The third kappa shape index (κ3) is 8.29. The summed E-state index contributed by atoms with van der Waals surface area (Å²) in [5.41, 5.74) is 1.65. The summed E-state index contributed by atoms with van der Waals surface area (Å²) in [6.07, 6.45) is -5.72. The van der Waals surface area contributed by atoms with Gasteiger partial charge < -0.3 is 23.8 Å². The van der Waals surface area contributed by atoms with Crippen LogP contribution in [0.1, 0.15) is 32.0 Å². The third-order valence-corrected chi connectivity index (χ3v) is 9.08. The number of aryl methyl sites for hydroxylation is 1. The van der Waals surface area contributed by atoms with Gasteiger partial charge in [-0.05, 0) is 60.2 Å². The van der Waals surface area contributed by atoms with Gasteiger partial charge in [-0.2, -0.15) is 13.2 Å². The predicted octanol–water partition coefficient (Wildman–Crippen LogP) is 7.92. The van der Waals surface area contributed by atoms with E-state index in [4.69, 9.17) is 21.1 Å². The maximum Gasteiger partial charge on any atom is 0.416 e. The van der Waals surface area contributed by atoms with Gasteiger partial charge in [-0.25, -0.2) is 13.8 Å². The molecular formula is C37H33ClF5N5O4. The maximum atomic E-state index is 13.6. The summed E-state index contributed by atoms with van der Waals surface area (Å²) in [5.74, 6) is 0.397. The fraction of sp³-hybridized carbons (Fsp3) is 0.270. The van der Waals surface area contributed by atoms with Crippen LogP contribution in [0.15, 0.2) is 85.1 Å². The highest BCUT2D eigenvalue weighted by Gasteiger charge is 2.32. The van der Waals surface area contributed by atoms with Gasteiger partial charge in [0.05, 0.1) is 33.6 Å². The Labute approximate surface area is 300 Å². The Hall–Kier alpha value is -5.21. The molecule has 3 aromatic carbocycles. The second-order valence-electron chi connectivity index (χ2n) is 12.2. The predicted molar refractivity (Wildman–Crippen MR) is 186 cm³/mol. The number of hydrogen-bond acceptors (Lipinski definition) is 6. The fourth-order valence-electron chi connectivity index (χ4n) is 5.87. The van der Waals surface area contributed by atoms with E-state index in [1.165, 1.54) is 18.1 Å². The van der Waals surface area contributed by atoms with Crippen molar-refractivity contribution in [3.05, 3.63) is 112 Å². The molecule has 52 heavy (non-hydrogen) atoms. The van der Waals surface area contributed by atoms with Gasteiger partial charge in [-0.1, -0.05) is 23.7 Å². The molecule has 1 fully saturated rings. The van der Waals surface area contributed by atoms with Crippen LogP contribution in [0.4, 0.5) is 27.6 Å². The van der Waals surface area contributed by atoms with E-state index in [0.717, 1.165) is 28.6 Å². The van der Waals surface area contributed by atoms with Gasteiger partial charge in [0.2, 0.25) is 5.88 Å². The number of hydrogen-bond donors (Lipinski definition) is 0. The molecule has 1 aliphatic heterocycles. The lowest BCUT2D eigenvalue weighted by Gasteiger charge is -2.34. The Morgan fingerprint density at radius 1 is 0.923 bits per heavy atom. The Balaban J connectivity index is 1.05. The molecular weight excluding hydrogens is 709 g/mol. The summed E-state index contributed by atoms with van der Waals surface area (Å²) >= 11 is 6.01. The molecule has 3 heterocycles. The summed E-state index contributed by atoms with van der Waals surface area (Å²) in [5, 5.41) is 0.533. The summed E-state index contributed by atoms with van der Waals surface area (Å²) in [6.45, 7) is 2.47. The lowest BCUT2D eigenvalue weighted by Crippen LogP contribution is -2.48. The van der Waals surface area contributed by atoms with Crippen LogP contribution in [-0.2, 0) is 19.8 Å². The fourth-order valence-corrected chi connectivity index (χ4v) is 6.13. The van der Waals surface area contributed by atoms with Gasteiger partial charge in [-0.3, -0.25) is 14.5 Å². The Morgan fingerprint density at radius 3 is 2.27 bits per heavy atom. The molecule has 6 rings (SSSR count). The number of benzene rings is 3. The summed E-state index contributed by atoms with van der Waals surface area (Å²) < 4.78 is 76.6. The van der Waals surface area contributed by atoms with Gasteiger partial charge in [-0.15, -0.1) is 0 Å². The first-order chi connectivity index (χ1) is 24.8. The number of halogens is 6. The minimum Gasteiger partial charge on any atom is -0.488 e. The topological polar surface area (TPSA) is 80.1 Å². The zero-order valence-electron chi connectivity index (χ0n) is 28.0. The number of amides is 2. The van der Waals surface area contributed by atoms with Crippen LogP contribution < -0.4 is 14.4 Å². The molecule has 5 aromatic rings. The van der Waals surface area contributed by atoms with E-state index in [1.54, 1.807) is 36.4 Å². The number of aromatic nitrogens is 2. The van der Waals surface area contributed by atoms with Crippen molar-refractivity contribution in [2.75, 3.05) is 44.7 Å². The molecule has 0 atom stereocenters. The third-order valence-electron chi connectivity index (χ3n) is 8.76. The molecule has 1 saturated heterocycles. The van der Waals surface area contributed by atoms with E-state index in [9.17, 15) is 31.5 Å². The van der Waals surface area contributed by atoms with Crippen molar-refractivity contribution in [2.45, 2.75) is 19.1 Å². The molecule has 2 aromatic heterocycles. The number of ether oxygens (including phenoxy) is 2. The molecule has 0 spiro atoms. The van der Waals surface area contributed by atoms with Gasteiger partial charge >= 0.3 is 6.18 Å². The second kappa shape index (κ2) is 15.2. The maximum absolute atomic E-state index is 13.6. The van der Waals surface area contributed by atoms with Gasteiger partial charge in [0.25, 0.3) is 18.2 Å². The molecule has 9 nitrogen and oxygen atoms in total. The largest absolute Gasteiger partial charge is 0.488 e. The normalized spacial score (nSPS) is 13.8. The number of alkyl halides is 5. The highest BCUT2D eigenvalue weighted by molar-refractivity contribution is 6.34. The molecule has 0 saturated carbocycles. The minimum absolute atomic E-state index is 0.0872. The van der Waals surface area contributed by atoms with E-state index in [-0.39, 0.29) is 22.4 Å². The Morgan fingerprint density at radius 2 is 1.63 bits per heavy atom. The van der Waals surface area contributed by atoms with Crippen molar-refractivity contribution in [2.24, 2.45) is 7.05 Å². The SMILES string of the molecule is CN(C(=O)c1ccc(C(F)(F)F)cc1Cl)c1ccc(Oc2ccc3cc(C(=O)N4CCN(Cc5ccc(OCC(F)F)cc5)CC4)n(C)c3c2)nc1. The van der Waals surface area contributed by atoms with E-state index in [0.29, 0.717) is 61.7 Å². The van der Waals surface area contributed by atoms with Crippen molar-refractivity contribution >= 4 is 40.0 Å². The van der Waals surface area contributed by atoms with Crippen molar-refractivity contribution in [1.29, 1.82) is 0 Å². The van der Waals surface area contributed by atoms with Crippen molar-refractivity contribution in [3.63, 3.8) is 0 Å². The van der Waals surface area contributed by atoms with Crippen molar-refractivity contribution in [3.8, 4) is 17.4 Å². The minimum atomic E-state index is -4.59. The van der Waals surface area contributed by atoms with E-state index in [2.05, 4.69) is 9.88 Å². The number of nitrogens with zero attached hydrogens (tertiary/aromatic N) is 5. The molecule has 2 amide bonds. The Bertz CT molecular complexity index is 2060. The van der Waals surface area contributed by atoms with Crippen LogP contribution >= 0.6 is 11.6 Å². The summed E-state index contributed by atoms with van der Waals surface area (Å²) in [4.78, 5) is 36.1. The molecule has 272 valence electrons. The van der Waals surface area contributed by atoms with Crippen LogP contribution in [0.3, 0.4) is 0 Å². The molecule has 0 N–H and O–H groups in total. The number of pyridine rings is 1. The molecule has 1 aliphatic rings. The molecule has 15 heteroatoms. The Kier molecular flexibility index (Phi) is 10.7. The zero-order valence-corrected chi connectivity index (χ0v) is 28.8. The number of piperazine rings is 1. The number of anilines is 1. The van der Waals surface area contributed by atoms with E-state index >= 15 is 0 Å². The van der Waals surface area contributed by atoms with Crippen LogP contribution in [-0.4, -0.2) is 77.4 Å². The molecule has 0 bridgehead atoms. The monoisotopic (exact) mass is 741 g/mol. The number of fused-ring (bicyclic) bond motifs is 1. The number of rotatable bonds is 10. The first kappa shape index (κ1) is 36.6. The average Bonchev–Trinajstić information content (AvgIpc) is 3.45.